The molecule has 1 aromatic rings. The van der Waals surface area contributed by atoms with Gasteiger partial charge in [0.2, 0.25) is 0 Å². The van der Waals surface area contributed by atoms with E-state index in [1.54, 1.807) is 6.92 Å². The molecule has 9 heavy (non-hydrogen) atoms. The molecule has 0 bridgehead atoms. The van der Waals surface area contributed by atoms with E-state index in [9.17, 15) is 0 Å². The Morgan fingerprint density at radius 2 is 2.00 bits per heavy atom. The lowest BCUT2D eigenvalue weighted by atomic mass is 10.4. The predicted molar refractivity (Wildman–Crippen MR) is 30.5 cm³/mol. The Morgan fingerprint density at radius 1 is 1.44 bits per heavy atom. The summed E-state index contributed by atoms with van der Waals surface area (Å²) in [5.41, 5.74) is 0. The smallest absolute Gasteiger partial charge is 0.160 e. The van der Waals surface area contributed by atoms with Crippen molar-refractivity contribution < 1.29 is 5.11 Å². The third-order valence-electron chi connectivity index (χ3n) is 0.887. The highest BCUT2D eigenvalue weighted by atomic mass is 16.3. The molecular weight excluding hydrogens is 118 g/mol. The first-order valence-electron chi connectivity index (χ1n) is 2.60. The summed E-state index contributed by atoms with van der Waals surface area (Å²) in [4.78, 5) is 11.0. The Hall–Kier alpha value is -1.03. The molecule has 0 aliphatic rings. The topological polar surface area (TPSA) is 58.9 Å². The molecule has 0 aliphatic heterocycles. The largest absolute Gasteiger partial charge is 0.385 e. The second kappa shape index (κ2) is 2.50. The molecule has 0 saturated heterocycles. The van der Waals surface area contributed by atoms with Crippen LogP contribution in [0.1, 0.15) is 18.9 Å². The van der Waals surface area contributed by atoms with Crippen LogP contribution in [-0.4, -0.2) is 20.1 Å². The highest BCUT2D eigenvalue weighted by Gasteiger charge is 1.99. The van der Waals surface area contributed by atoms with Gasteiger partial charge in [0.15, 0.2) is 5.82 Å². The Kier molecular flexibility index (Phi) is 1.69. The van der Waals surface area contributed by atoms with E-state index in [-0.39, 0.29) is 0 Å². The minimum Gasteiger partial charge on any atom is -0.385 e. The maximum absolute atomic E-state index is 8.87. The average Bonchev–Trinajstić information content (AvgIpc) is 1.90. The lowest BCUT2D eigenvalue weighted by Gasteiger charge is -1.97. The molecule has 0 aliphatic carbocycles. The van der Waals surface area contributed by atoms with Crippen molar-refractivity contribution in [2.24, 2.45) is 0 Å². The standard InChI is InChI=1S/C5H7N3O/c1-4(9)5-7-2-6-3-8-5/h2-4,9H,1H3/t4-/m0/s1. The zero-order valence-corrected chi connectivity index (χ0v) is 5.02. The van der Waals surface area contributed by atoms with Crippen LogP contribution in [0.2, 0.25) is 0 Å². The monoisotopic (exact) mass is 125 g/mol. The molecule has 48 valence electrons. The molecule has 4 heteroatoms. The van der Waals surface area contributed by atoms with Gasteiger partial charge >= 0.3 is 0 Å². The lowest BCUT2D eigenvalue weighted by molar-refractivity contribution is 0.188. The fourth-order valence-electron chi connectivity index (χ4n) is 0.464. The second-order valence-electron chi connectivity index (χ2n) is 1.67. The summed E-state index contributed by atoms with van der Waals surface area (Å²) in [6, 6.07) is 0. The minimum atomic E-state index is -0.604. The fraction of sp³-hybridized carbons (Fsp3) is 0.400. The van der Waals surface area contributed by atoms with Crippen molar-refractivity contribution in [3.8, 4) is 0 Å². The Labute approximate surface area is 52.6 Å². The van der Waals surface area contributed by atoms with Gasteiger partial charge in [-0.15, -0.1) is 0 Å². The summed E-state index contributed by atoms with van der Waals surface area (Å²) in [6.07, 6.45) is 2.11. The van der Waals surface area contributed by atoms with Gasteiger partial charge in [-0.05, 0) is 6.92 Å². The molecular formula is C5H7N3O. The summed E-state index contributed by atoms with van der Waals surface area (Å²) < 4.78 is 0. The van der Waals surface area contributed by atoms with Gasteiger partial charge in [-0.25, -0.2) is 15.0 Å². The minimum absolute atomic E-state index is 0.407. The van der Waals surface area contributed by atoms with Crippen LogP contribution in [0, 0.1) is 0 Å². The number of aromatic nitrogens is 3. The van der Waals surface area contributed by atoms with E-state index >= 15 is 0 Å². The van der Waals surface area contributed by atoms with Gasteiger partial charge in [-0.1, -0.05) is 0 Å². The Balaban J connectivity index is 2.85. The van der Waals surface area contributed by atoms with Crippen molar-refractivity contribution in [1.29, 1.82) is 0 Å². The lowest BCUT2D eigenvalue weighted by Crippen LogP contribution is -1.98. The van der Waals surface area contributed by atoms with Crippen molar-refractivity contribution in [2.45, 2.75) is 13.0 Å². The van der Waals surface area contributed by atoms with Crippen LogP contribution < -0.4 is 0 Å². The molecule has 1 atom stereocenters. The molecule has 0 saturated carbocycles. The fourth-order valence-corrected chi connectivity index (χ4v) is 0.464. The van der Waals surface area contributed by atoms with Crippen LogP contribution in [0.15, 0.2) is 12.7 Å². The van der Waals surface area contributed by atoms with Gasteiger partial charge in [0, 0.05) is 0 Å². The normalized spacial score (nSPS) is 13.1. The summed E-state index contributed by atoms with van der Waals surface area (Å²) >= 11 is 0. The van der Waals surface area contributed by atoms with Gasteiger partial charge in [0.05, 0.1) is 0 Å². The Bertz CT molecular complexity index is 175. The van der Waals surface area contributed by atoms with Crippen LogP contribution >= 0.6 is 0 Å². The number of hydrogen-bond acceptors (Lipinski definition) is 4. The summed E-state index contributed by atoms with van der Waals surface area (Å²) in [5.74, 6) is 0.407. The van der Waals surface area contributed by atoms with Gasteiger partial charge in [0.1, 0.15) is 18.8 Å². The molecule has 1 aromatic heterocycles. The maximum Gasteiger partial charge on any atom is 0.160 e. The first-order valence-corrected chi connectivity index (χ1v) is 2.60. The average molecular weight is 125 g/mol. The molecule has 0 fully saturated rings. The second-order valence-corrected chi connectivity index (χ2v) is 1.67. The maximum atomic E-state index is 8.87. The molecule has 0 unspecified atom stereocenters. The number of aliphatic hydroxyl groups is 1. The molecule has 4 nitrogen and oxygen atoms in total. The SMILES string of the molecule is C[C@H](O)c1ncncn1. The van der Waals surface area contributed by atoms with Crippen molar-refractivity contribution >= 4 is 0 Å². The van der Waals surface area contributed by atoms with E-state index in [4.69, 9.17) is 5.11 Å². The molecule has 1 N–H and O–H groups in total. The van der Waals surface area contributed by atoms with Gasteiger partial charge in [0.25, 0.3) is 0 Å². The van der Waals surface area contributed by atoms with Crippen molar-refractivity contribution in [3.05, 3.63) is 18.5 Å². The first kappa shape index (κ1) is 6.10. The van der Waals surface area contributed by atoms with E-state index in [0.717, 1.165) is 0 Å². The molecule has 0 radical (unpaired) electrons. The molecule has 0 amide bonds. The predicted octanol–water partition coefficient (Wildman–Crippen LogP) is -0.0751. The summed E-state index contributed by atoms with van der Waals surface area (Å²) in [6.45, 7) is 1.61. The van der Waals surface area contributed by atoms with Crippen molar-refractivity contribution in [1.82, 2.24) is 15.0 Å². The molecule has 1 rings (SSSR count). The van der Waals surface area contributed by atoms with Crippen LogP contribution in [0.3, 0.4) is 0 Å². The van der Waals surface area contributed by atoms with Gasteiger partial charge in [-0.3, -0.25) is 0 Å². The molecule has 1 heterocycles. The third-order valence-corrected chi connectivity index (χ3v) is 0.887. The van der Waals surface area contributed by atoms with Crippen molar-refractivity contribution in [2.75, 3.05) is 0 Å². The quantitative estimate of drug-likeness (QED) is 0.570. The zero-order chi connectivity index (χ0) is 6.69. The number of nitrogens with zero attached hydrogens (tertiary/aromatic N) is 3. The summed E-state index contributed by atoms with van der Waals surface area (Å²) in [7, 11) is 0. The zero-order valence-electron chi connectivity index (χ0n) is 5.02. The third kappa shape index (κ3) is 1.43. The van der Waals surface area contributed by atoms with Crippen molar-refractivity contribution in [3.63, 3.8) is 0 Å². The number of rotatable bonds is 1. The van der Waals surface area contributed by atoms with Gasteiger partial charge in [-0.2, -0.15) is 0 Å². The van der Waals surface area contributed by atoms with E-state index in [1.165, 1.54) is 12.7 Å². The Morgan fingerprint density at radius 3 is 2.33 bits per heavy atom. The number of aliphatic hydroxyl groups excluding tert-OH is 1. The summed E-state index contributed by atoms with van der Waals surface area (Å²) in [5, 5.41) is 8.87. The van der Waals surface area contributed by atoms with Crippen LogP contribution in [0.5, 0.6) is 0 Å². The molecule has 0 spiro atoms. The van der Waals surface area contributed by atoms with E-state index in [1.807, 2.05) is 0 Å². The van der Waals surface area contributed by atoms with E-state index in [0.29, 0.717) is 5.82 Å². The molecule has 0 aromatic carbocycles. The van der Waals surface area contributed by atoms with Crippen LogP contribution in [-0.2, 0) is 0 Å². The highest BCUT2D eigenvalue weighted by molar-refractivity contribution is 4.84. The highest BCUT2D eigenvalue weighted by Crippen LogP contribution is 2.00. The first-order chi connectivity index (χ1) is 4.30. The number of hydrogen-bond donors (Lipinski definition) is 1. The van der Waals surface area contributed by atoms with Crippen LogP contribution in [0.25, 0.3) is 0 Å². The van der Waals surface area contributed by atoms with Crippen LogP contribution in [0.4, 0.5) is 0 Å². The van der Waals surface area contributed by atoms with Gasteiger partial charge < -0.3 is 5.11 Å². The van der Waals surface area contributed by atoms with E-state index < -0.39 is 6.10 Å². The van der Waals surface area contributed by atoms with E-state index in [2.05, 4.69) is 15.0 Å².